The molecule has 0 atom stereocenters. The highest BCUT2D eigenvalue weighted by Gasteiger charge is 2.20. The van der Waals surface area contributed by atoms with Gasteiger partial charge < -0.3 is 10.2 Å². The second-order valence-corrected chi connectivity index (χ2v) is 18.5. The van der Waals surface area contributed by atoms with Gasteiger partial charge in [-0.25, -0.2) is 39.6 Å². The fraction of sp³-hybridized carbons (Fsp3) is 0.303. The van der Waals surface area contributed by atoms with Crippen LogP contribution in [0.3, 0.4) is 0 Å². The van der Waals surface area contributed by atoms with Crippen LogP contribution < -0.4 is 10.2 Å². The van der Waals surface area contributed by atoms with Crippen molar-refractivity contribution in [3.05, 3.63) is 101 Å². The Bertz CT molecular complexity index is 2650. The molecule has 0 amide bonds. The minimum atomic E-state index is -4.71. The molecule has 0 aliphatic carbocycles. The van der Waals surface area contributed by atoms with Gasteiger partial charge >= 0.3 is 20.8 Å². The molecule has 5 rings (SSSR count). The van der Waals surface area contributed by atoms with E-state index in [1.54, 1.807) is 24.8 Å². The number of aromatic nitrogens is 7. The number of benzene rings is 2. The first-order valence-electron chi connectivity index (χ1n) is 19.2. The van der Waals surface area contributed by atoms with E-state index in [1.807, 2.05) is 6.92 Å². The lowest BCUT2D eigenvalue weighted by Crippen LogP contribution is -2.20. The van der Waals surface area contributed by atoms with Crippen LogP contribution in [0, 0.1) is 19.7 Å². The van der Waals surface area contributed by atoms with Gasteiger partial charge in [0.25, 0.3) is 0 Å². The summed E-state index contributed by atoms with van der Waals surface area (Å²) in [5.41, 5.74) is 1.01. The van der Waals surface area contributed by atoms with E-state index in [9.17, 15) is 42.5 Å². The molecule has 2 aromatic carbocycles. The van der Waals surface area contributed by atoms with Crippen molar-refractivity contribution < 1.29 is 68.7 Å². The van der Waals surface area contributed by atoms with Crippen LogP contribution in [0.25, 0.3) is 0 Å². The third-order valence-corrected chi connectivity index (χ3v) is 11.4. The molecule has 0 bridgehead atoms. The molecule has 0 unspecified atom stereocenters. The Morgan fingerprint density at radius 1 is 0.726 bits per heavy atom. The maximum absolute atomic E-state index is 12.4. The monoisotopic (exact) mass is 1000 g/mol. The predicted octanol–water partition coefficient (Wildman–Crippen LogP) is 5.94. The van der Waals surface area contributed by atoms with Crippen molar-refractivity contribution >= 4 is 86.9 Å². The molecule has 0 aliphatic rings. The fourth-order valence-corrected chi connectivity index (χ4v) is 7.70. The van der Waals surface area contributed by atoms with Crippen LogP contribution in [-0.4, -0.2) is 116 Å². The summed E-state index contributed by atoms with van der Waals surface area (Å²) < 4.78 is 158. The van der Waals surface area contributed by atoms with E-state index in [1.165, 1.54) is 73.9 Å². The number of sulfone groups is 2. The van der Waals surface area contributed by atoms with Crippen LogP contribution >= 0.6 is 23.2 Å². The number of hydrogen-bond donors (Lipinski definition) is 3. The second-order valence-electron chi connectivity index (χ2n) is 11.4. The molecule has 21 nitrogen and oxygen atoms in total. The van der Waals surface area contributed by atoms with Crippen LogP contribution in [0.5, 0.6) is 0 Å². The van der Waals surface area contributed by atoms with Crippen molar-refractivity contribution in [3.8, 4) is 0 Å². The highest BCUT2D eigenvalue weighted by molar-refractivity contribution is 7.91. The van der Waals surface area contributed by atoms with Gasteiger partial charge in [0.05, 0.1) is 41.2 Å². The van der Waals surface area contributed by atoms with E-state index in [0.29, 0.717) is 29.6 Å². The van der Waals surface area contributed by atoms with Gasteiger partial charge in [-0.15, -0.1) is 0 Å². The van der Waals surface area contributed by atoms with E-state index in [0.717, 1.165) is 0 Å². The first-order chi connectivity index (χ1) is 30.9. The van der Waals surface area contributed by atoms with Gasteiger partial charge in [0.1, 0.15) is 17.5 Å². The zero-order valence-electron chi connectivity index (χ0n) is 36.9. The van der Waals surface area contributed by atoms with Crippen LogP contribution in [0.4, 0.5) is 32.1 Å². The lowest BCUT2D eigenvalue weighted by Gasteiger charge is -2.21. The number of pyridine rings is 1. The van der Waals surface area contributed by atoms with Crippen molar-refractivity contribution in [2.45, 2.75) is 37.5 Å². The minimum absolute atomic E-state index is 0. The third-order valence-electron chi connectivity index (χ3n) is 6.75. The van der Waals surface area contributed by atoms with Crippen molar-refractivity contribution in [2.24, 2.45) is 0 Å². The number of aryl methyl sites for hydroxylation is 2. The number of hydrogen-bond acceptors (Lipinski definition) is 19. The smallest absolute Gasteiger partial charge is 0.324 e. The van der Waals surface area contributed by atoms with Crippen molar-refractivity contribution in [3.63, 3.8) is 0 Å². The number of rotatable bonds is 15. The zero-order valence-corrected chi connectivity index (χ0v) is 37.6. The minimum Gasteiger partial charge on any atom is -0.324 e. The van der Waals surface area contributed by atoms with E-state index >= 15 is 0 Å². The van der Waals surface area contributed by atoms with Crippen LogP contribution in [0.1, 0.15) is 34.3 Å². The summed E-state index contributed by atoms with van der Waals surface area (Å²) in [7, 11) is -17.0. The van der Waals surface area contributed by atoms with Gasteiger partial charge in [0.15, 0.2) is 19.7 Å². The van der Waals surface area contributed by atoms with Crippen molar-refractivity contribution in [1.29, 1.82) is 0 Å². The number of anilines is 4. The fourth-order valence-electron chi connectivity index (χ4n) is 4.29. The molecule has 0 radical (unpaired) electrons. The molecule has 0 aliphatic heterocycles. The van der Waals surface area contributed by atoms with Gasteiger partial charge in [0, 0.05) is 39.1 Å². The average Bonchev–Trinajstić information content (AvgIpc) is 3.22. The largest absolute Gasteiger partial charge is 0.397 e. The van der Waals surface area contributed by atoms with Gasteiger partial charge in [-0.1, -0.05) is 6.07 Å². The summed E-state index contributed by atoms with van der Waals surface area (Å²) in [5.74, 6) is -0.181. The summed E-state index contributed by atoms with van der Waals surface area (Å²) in [6.45, 7) is 5.36. The lowest BCUT2D eigenvalue weighted by atomic mass is 10.3. The molecule has 0 saturated carbocycles. The van der Waals surface area contributed by atoms with Crippen LogP contribution in [0.2, 0.25) is 10.6 Å². The quantitative estimate of drug-likeness (QED) is 0.102. The van der Waals surface area contributed by atoms with Gasteiger partial charge in [-0.05, 0) is 105 Å². The summed E-state index contributed by atoms with van der Waals surface area (Å²) in [5, 5.41) is 2.89. The molecule has 348 valence electrons. The molecular weight excluding hydrogens is 952 g/mol. The Hall–Kier alpha value is -4.71. The predicted molar refractivity (Wildman–Crippen MR) is 231 cm³/mol. The molecule has 3 heterocycles. The van der Waals surface area contributed by atoms with Crippen molar-refractivity contribution in [1.82, 2.24) is 34.9 Å². The Kier molecular flexibility index (Phi) is 20.0. The van der Waals surface area contributed by atoms with E-state index < -0.39 is 65.2 Å². The van der Waals surface area contributed by atoms with Gasteiger partial charge in [-0.3, -0.25) is 18.5 Å². The molecular formula is C33H47Cl2F2N9O12S4. The molecule has 3 aromatic heterocycles. The Morgan fingerprint density at radius 2 is 1.23 bits per heavy atom. The number of nitrogens with one attached hydrogen (secondary N) is 1. The van der Waals surface area contributed by atoms with Crippen LogP contribution in [0.15, 0.2) is 82.8 Å². The summed E-state index contributed by atoms with van der Waals surface area (Å²) in [6, 6.07) is 14.2. The molecule has 62 heavy (non-hydrogen) atoms. The normalized spacial score (nSPS) is 11.7. The highest BCUT2D eigenvalue weighted by atomic mass is 35.5. The maximum Gasteiger partial charge on any atom is 0.397 e. The Balaban J connectivity index is -0.000000951. The number of halogens is 4. The van der Waals surface area contributed by atoms with Crippen molar-refractivity contribution in [2.75, 3.05) is 48.2 Å². The summed E-state index contributed by atoms with van der Waals surface area (Å²) in [6.07, 6.45) is 2.82. The summed E-state index contributed by atoms with van der Waals surface area (Å²) in [4.78, 5) is 29.0. The molecule has 0 saturated heterocycles. The Morgan fingerprint density at radius 3 is 1.68 bits per heavy atom. The summed E-state index contributed by atoms with van der Waals surface area (Å²) >= 11 is 11.6. The molecule has 0 spiro atoms. The van der Waals surface area contributed by atoms with E-state index in [4.69, 9.17) is 38.2 Å². The first kappa shape index (κ1) is 49.9. The van der Waals surface area contributed by atoms with Gasteiger partial charge in [-0.2, -0.15) is 36.8 Å². The number of alkyl halides is 1. The molecule has 3 N–H and O–H groups in total. The molecule has 5 aromatic rings. The van der Waals surface area contributed by atoms with E-state index in [2.05, 4.69) is 48.6 Å². The van der Waals surface area contributed by atoms with Gasteiger partial charge in [0.2, 0.25) is 22.5 Å². The zero-order chi connectivity index (χ0) is 50.7. The maximum atomic E-state index is 12.4. The number of nitrogens with zero attached hydrogens (tertiary/aromatic N) is 8. The molecule has 0 fully saturated rings. The highest BCUT2D eigenvalue weighted by Crippen LogP contribution is 2.26. The standard InChI is InChI=1S/C14H17ClN4O6S2.C12H13ClN4O6S2.C5H4FN.C2H5F.4H2/c1-3-19(14-17-10(2)16-13(15)18-14)11-5-4-6-12(9-11)26(20,21)8-7-25-27(22,23)24;1-8-14-11(13)17-12(15-8)16-9-2-4-10(5-3-9)24(18,19)7-6-23-25(20,21)22;6-5-1-3-7-4-2-5;1-2-3;;;;/h4-6,9H,3,7-8H2,1-2H3,(H,22,23,24);2-5H,6-7H2,1H3,(H,20,21,22)(H,14,15,16,17);1-4H;2H2,1H3;4*1H/i;;;;2*1+1D;2*1+1. The molecule has 29 heteroatoms. The van der Waals surface area contributed by atoms with E-state index in [-0.39, 0.29) is 47.6 Å². The third kappa shape index (κ3) is 20.4. The SMILES string of the molecule is CCF.CCN(c1cccc(S(=O)(=O)CCOS(=O)(=O)O)c1)c1nc(C)nc(Cl)n1.Cc1nc(Cl)nc(Nc2ccc(S(=O)(=O)CCOS(=O)(=O)O)cc2)n1.Fc1ccncc1.[2HH].[2HH].[2H][2H].[2H][2H]. The van der Waals surface area contributed by atoms with Crippen LogP contribution in [-0.2, 0) is 48.8 Å². The second kappa shape index (κ2) is 24.8. The first-order valence-corrected chi connectivity index (χ1v) is 24.0. The lowest BCUT2D eigenvalue weighted by molar-refractivity contribution is 0.282. The Labute approximate surface area is 375 Å². The average molecular weight is 1000 g/mol. The topological polar surface area (TPSA) is 301 Å².